The third kappa shape index (κ3) is 5.30. The Morgan fingerprint density at radius 3 is 2.62 bits per heavy atom. The summed E-state index contributed by atoms with van der Waals surface area (Å²) in [6.07, 6.45) is -0.303. The standard InChI is InChI=1S/C21H21BrFNO4S/c1-21(2,3)28-14-6-7-17-16(9-14)24(20(27)18(29-17)10-19(25)26)11-12-4-5-13(22)8-15(12)23/h4-9,18H,10-11H2,1-3H3,(H,25,26). The van der Waals surface area contributed by atoms with Crippen molar-refractivity contribution in [2.75, 3.05) is 4.90 Å². The van der Waals surface area contributed by atoms with Gasteiger partial charge in [-0.15, -0.1) is 11.8 Å². The predicted octanol–water partition coefficient (Wildman–Crippen LogP) is 5.25. The molecule has 0 aliphatic carbocycles. The van der Waals surface area contributed by atoms with E-state index < -0.39 is 22.6 Å². The lowest BCUT2D eigenvalue weighted by atomic mass is 10.1. The van der Waals surface area contributed by atoms with Gasteiger partial charge in [-0.3, -0.25) is 9.59 Å². The number of rotatable bonds is 5. The molecule has 1 unspecified atom stereocenters. The van der Waals surface area contributed by atoms with E-state index in [0.717, 1.165) is 4.90 Å². The van der Waals surface area contributed by atoms with Crippen molar-refractivity contribution in [3.8, 4) is 5.75 Å². The Morgan fingerprint density at radius 1 is 1.28 bits per heavy atom. The van der Waals surface area contributed by atoms with Crippen LogP contribution in [0.25, 0.3) is 0 Å². The molecule has 2 aromatic carbocycles. The molecular formula is C21H21BrFNO4S. The topological polar surface area (TPSA) is 66.8 Å². The monoisotopic (exact) mass is 481 g/mol. The third-order valence-electron chi connectivity index (χ3n) is 4.16. The number of amides is 1. The number of thioether (sulfide) groups is 1. The van der Waals surface area contributed by atoms with Crippen LogP contribution in [0.1, 0.15) is 32.8 Å². The summed E-state index contributed by atoms with van der Waals surface area (Å²) in [6, 6.07) is 10.0. The molecular weight excluding hydrogens is 461 g/mol. The lowest BCUT2D eigenvalue weighted by molar-refractivity contribution is -0.138. The molecule has 0 fully saturated rings. The van der Waals surface area contributed by atoms with Gasteiger partial charge in [0.15, 0.2) is 0 Å². The van der Waals surface area contributed by atoms with Crippen molar-refractivity contribution in [2.45, 2.75) is 49.5 Å². The first-order valence-electron chi connectivity index (χ1n) is 9.00. The Balaban J connectivity index is 2.02. The molecule has 0 saturated carbocycles. The molecule has 154 valence electrons. The van der Waals surface area contributed by atoms with Crippen LogP contribution in [0, 0.1) is 5.82 Å². The van der Waals surface area contributed by atoms with E-state index in [1.54, 1.807) is 24.3 Å². The Bertz CT molecular complexity index is 960. The molecule has 0 saturated heterocycles. The van der Waals surface area contributed by atoms with Gasteiger partial charge >= 0.3 is 5.97 Å². The fraction of sp³-hybridized carbons (Fsp3) is 0.333. The summed E-state index contributed by atoms with van der Waals surface area (Å²) in [6.45, 7) is 5.76. The molecule has 0 radical (unpaired) electrons. The highest BCUT2D eigenvalue weighted by Gasteiger charge is 2.35. The van der Waals surface area contributed by atoms with Crippen LogP contribution in [0.2, 0.25) is 0 Å². The van der Waals surface area contributed by atoms with E-state index >= 15 is 0 Å². The van der Waals surface area contributed by atoms with E-state index in [2.05, 4.69) is 15.9 Å². The maximum absolute atomic E-state index is 14.4. The van der Waals surface area contributed by atoms with Crippen LogP contribution in [-0.4, -0.2) is 27.8 Å². The minimum atomic E-state index is -1.05. The van der Waals surface area contributed by atoms with Gasteiger partial charge in [0.25, 0.3) is 0 Å². The molecule has 1 atom stereocenters. The summed E-state index contributed by atoms with van der Waals surface area (Å²) in [5.74, 6) is -1.27. The molecule has 5 nitrogen and oxygen atoms in total. The van der Waals surface area contributed by atoms with Crippen molar-refractivity contribution in [3.63, 3.8) is 0 Å². The molecule has 0 bridgehead atoms. The quantitative estimate of drug-likeness (QED) is 0.631. The highest BCUT2D eigenvalue weighted by Crippen LogP contribution is 2.43. The number of aliphatic carboxylic acids is 1. The second kappa shape index (κ2) is 8.36. The second-order valence-corrected chi connectivity index (χ2v) is 9.87. The average molecular weight is 482 g/mol. The molecule has 29 heavy (non-hydrogen) atoms. The van der Waals surface area contributed by atoms with Crippen molar-refractivity contribution in [1.29, 1.82) is 0 Å². The molecule has 8 heteroatoms. The second-order valence-electron chi connectivity index (χ2n) is 7.71. The van der Waals surface area contributed by atoms with Crippen molar-refractivity contribution in [2.24, 2.45) is 0 Å². The van der Waals surface area contributed by atoms with Crippen LogP contribution in [0.15, 0.2) is 45.8 Å². The number of benzene rings is 2. The molecule has 1 aliphatic rings. The summed E-state index contributed by atoms with van der Waals surface area (Å²) in [7, 11) is 0. The van der Waals surface area contributed by atoms with Gasteiger partial charge < -0.3 is 14.7 Å². The van der Waals surface area contributed by atoms with Crippen LogP contribution in [-0.2, 0) is 16.1 Å². The van der Waals surface area contributed by atoms with Crippen molar-refractivity contribution in [3.05, 3.63) is 52.3 Å². The zero-order valence-corrected chi connectivity index (χ0v) is 18.6. The van der Waals surface area contributed by atoms with Gasteiger partial charge in [0.1, 0.15) is 17.2 Å². The Hall–Kier alpha value is -2.06. The minimum Gasteiger partial charge on any atom is -0.488 e. The largest absolute Gasteiger partial charge is 0.488 e. The number of hydrogen-bond donors (Lipinski definition) is 1. The van der Waals surface area contributed by atoms with Crippen LogP contribution in [0.5, 0.6) is 5.75 Å². The van der Waals surface area contributed by atoms with Crippen LogP contribution in [0.3, 0.4) is 0 Å². The summed E-state index contributed by atoms with van der Waals surface area (Å²) in [5, 5.41) is 8.41. The van der Waals surface area contributed by atoms with Crippen LogP contribution in [0.4, 0.5) is 10.1 Å². The normalized spacial score (nSPS) is 16.5. The first kappa shape index (κ1) is 21.6. The van der Waals surface area contributed by atoms with E-state index in [4.69, 9.17) is 4.74 Å². The molecule has 1 amide bonds. The number of ether oxygens (including phenoxy) is 1. The van der Waals surface area contributed by atoms with E-state index in [1.807, 2.05) is 26.8 Å². The molecule has 0 aromatic heterocycles. The van der Waals surface area contributed by atoms with Gasteiger partial charge in [-0.25, -0.2) is 4.39 Å². The van der Waals surface area contributed by atoms with Crippen LogP contribution < -0.4 is 9.64 Å². The smallest absolute Gasteiger partial charge is 0.305 e. The first-order valence-corrected chi connectivity index (χ1v) is 10.7. The summed E-state index contributed by atoms with van der Waals surface area (Å²) in [4.78, 5) is 26.5. The number of carboxylic acid groups (broad SMARTS) is 1. The van der Waals surface area contributed by atoms with Crippen molar-refractivity contribution >= 4 is 45.3 Å². The van der Waals surface area contributed by atoms with Gasteiger partial charge in [0, 0.05) is 21.0 Å². The van der Waals surface area contributed by atoms with E-state index in [1.165, 1.54) is 22.7 Å². The number of carboxylic acids is 1. The molecule has 1 N–H and O–H groups in total. The third-order valence-corrected chi connectivity index (χ3v) is 5.90. The SMILES string of the molecule is CC(C)(C)Oc1ccc2c(c1)N(Cc1ccc(Br)cc1F)C(=O)C(CC(=O)O)S2. The minimum absolute atomic E-state index is 0.000592. The van der Waals surface area contributed by atoms with Gasteiger partial charge in [-0.2, -0.15) is 0 Å². The lowest BCUT2D eigenvalue weighted by Crippen LogP contribution is -2.41. The van der Waals surface area contributed by atoms with Crippen molar-refractivity contribution < 1.29 is 23.8 Å². The Labute approximate surface area is 181 Å². The molecule has 1 aliphatic heterocycles. The van der Waals surface area contributed by atoms with Gasteiger partial charge in [-0.05, 0) is 45.0 Å². The number of hydrogen-bond acceptors (Lipinski definition) is 4. The van der Waals surface area contributed by atoms with Gasteiger partial charge in [0.05, 0.1) is 23.9 Å². The highest BCUT2D eigenvalue weighted by atomic mass is 79.9. The average Bonchev–Trinajstić information content (AvgIpc) is 2.59. The fourth-order valence-corrected chi connectivity index (χ4v) is 4.52. The van der Waals surface area contributed by atoms with E-state index in [0.29, 0.717) is 21.5 Å². The maximum atomic E-state index is 14.4. The first-order chi connectivity index (χ1) is 13.5. The highest BCUT2D eigenvalue weighted by molar-refractivity contribution is 9.10. The number of carbonyl (C=O) groups is 2. The molecule has 3 rings (SSSR count). The molecule has 0 spiro atoms. The summed E-state index contributed by atoms with van der Waals surface area (Å²) in [5.41, 5.74) is 0.510. The number of halogens is 2. The fourth-order valence-electron chi connectivity index (χ4n) is 2.99. The number of fused-ring (bicyclic) bond motifs is 1. The summed E-state index contributed by atoms with van der Waals surface area (Å²) < 4.78 is 20.9. The number of nitrogens with zero attached hydrogens (tertiary/aromatic N) is 1. The zero-order valence-electron chi connectivity index (χ0n) is 16.2. The van der Waals surface area contributed by atoms with Gasteiger partial charge in [0.2, 0.25) is 5.91 Å². The molecule has 2 aromatic rings. The van der Waals surface area contributed by atoms with E-state index in [9.17, 15) is 19.1 Å². The Morgan fingerprint density at radius 2 is 2.00 bits per heavy atom. The van der Waals surface area contributed by atoms with Crippen molar-refractivity contribution in [1.82, 2.24) is 0 Å². The van der Waals surface area contributed by atoms with E-state index in [-0.39, 0.29) is 18.9 Å². The predicted molar refractivity (Wildman–Crippen MR) is 114 cm³/mol. The molecule has 1 heterocycles. The number of carbonyl (C=O) groups excluding carboxylic acids is 1. The lowest BCUT2D eigenvalue weighted by Gasteiger charge is -2.34. The summed E-state index contributed by atoms with van der Waals surface area (Å²) >= 11 is 4.44. The zero-order chi connectivity index (χ0) is 21.3. The number of anilines is 1. The Kier molecular flexibility index (Phi) is 6.24. The maximum Gasteiger partial charge on any atom is 0.305 e. The van der Waals surface area contributed by atoms with Gasteiger partial charge in [-0.1, -0.05) is 22.0 Å². The van der Waals surface area contributed by atoms with Crippen LogP contribution >= 0.6 is 27.7 Å².